The van der Waals surface area contributed by atoms with E-state index in [0.717, 1.165) is 99.1 Å². The molecule has 0 bridgehead atoms. The molecule has 9 aromatic carbocycles. The van der Waals surface area contributed by atoms with Crippen LogP contribution in [-0.2, 0) is 0 Å². The predicted molar refractivity (Wildman–Crippen MR) is 276 cm³/mol. The van der Waals surface area contributed by atoms with Crippen molar-refractivity contribution >= 4 is 65.6 Å². The maximum atomic E-state index is 6.34. The lowest BCUT2D eigenvalue weighted by atomic mass is 10.1. The standard InChI is InChI=1S/C60H36N8O/c1-4-18-37(19-5-1)55-61-56(38-20-6-2-7-21-38)63-58(62-55)40-24-16-25-41(36-40)67-46-30-13-10-26-42(46)53-48(67)34-35-49-54(53)43-27-11-14-31-47(43)68(49)60-65-57(39-22-8-3-9-23-39)64-59(66-60)45-29-17-33-51-52(45)44-28-12-15-32-50(44)69-51/h1-36H. The van der Waals surface area contributed by atoms with Gasteiger partial charge in [0.1, 0.15) is 11.2 Å². The van der Waals surface area contributed by atoms with E-state index in [4.69, 9.17) is 34.3 Å². The molecular formula is C60H36N8O. The molecule has 9 nitrogen and oxygen atoms in total. The lowest BCUT2D eigenvalue weighted by Crippen LogP contribution is -2.06. The summed E-state index contributed by atoms with van der Waals surface area (Å²) >= 11 is 0. The van der Waals surface area contributed by atoms with Crippen molar-refractivity contribution in [3.63, 3.8) is 0 Å². The zero-order valence-corrected chi connectivity index (χ0v) is 36.8. The van der Waals surface area contributed by atoms with Crippen LogP contribution in [-0.4, -0.2) is 39.0 Å². The molecule has 0 aliphatic heterocycles. The van der Waals surface area contributed by atoms with E-state index in [1.165, 1.54) is 0 Å². The van der Waals surface area contributed by atoms with Crippen molar-refractivity contribution in [1.29, 1.82) is 0 Å². The molecule has 0 unspecified atom stereocenters. The van der Waals surface area contributed by atoms with Crippen LogP contribution < -0.4 is 0 Å². The fraction of sp³-hybridized carbons (Fsp3) is 0. The molecule has 5 heterocycles. The largest absolute Gasteiger partial charge is 0.456 e. The van der Waals surface area contributed by atoms with Gasteiger partial charge in [-0.15, -0.1) is 0 Å². The minimum atomic E-state index is 0.521. The van der Waals surface area contributed by atoms with Crippen LogP contribution in [0, 0.1) is 0 Å². The molecule has 0 spiro atoms. The molecule has 0 saturated heterocycles. The molecule has 0 radical (unpaired) electrons. The number of hydrogen-bond acceptors (Lipinski definition) is 7. The third-order valence-electron chi connectivity index (χ3n) is 13.0. The Bertz CT molecular complexity index is 4250. The van der Waals surface area contributed by atoms with Crippen LogP contribution in [0.4, 0.5) is 0 Å². The molecule has 0 fully saturated rings. The molecule has 0 saturated carbocycles. The van der Waals surface area contributed by atoms with Gasteiger partial charge in [-0.25, -0.2) is 19.9 Å². The normalized spacial score (nSPS) is 11.8. The average Bonchev–Trinajstić information content (AvgIpc) is 4.09. The highest BCUT2D eigenvalue weighted by Gasteiger charge is 2.24. The lowest BCUT2D eigenvalue weighted by Gasteiger charge is -2.12. The van der Waals surface area contributed by atoms with E-state index < -0.39 is 0 Å². The number of furan rings is 1. The summed E-state index contributed by atoms with van der Waals surface area (Å²) in [6.07, 6.45) is 0. The predicted octanol–water partition coefficient (Wildman–Crippen LogP) is 14.5. The molecule has 0 N–H and O–H groups in total. The van der Waals surface area contributed by atoms with Gasteiger partial charge in [0, 0.05) is 65.8 Å². The highest BCUT2D eigenvalue weighted by molar-refractivity contribution is 6.29. The highest BCUT2D eigenvalue weighted by atomic mass is 16.3. The van der Waals surface area contributed by atoms with Crippen LogP contribution in [0.25, 0.3) is 134 Å². The van der Waals surface area contributed by atoms with Gasteiger partial charge in [-0.2, -0.15) is 9.97 Å². The van der Waals surface area contributed by atoms with Gasteiger partial charge < -0.3 is 8.98 Å². The summed E-state index contributed by atoms with van der Waals surface area (Å²) in [4.78, 5) is 30.9. The maximum absolute atomic E-state index is 6.34. The topological polar surface area (TPSA) is 100 Å². The fourth-order valence-corrected chi connectivity index (χ4v) is 10.00. The molecule has 322 valence electrons. The summed E-state index contributed by atoms with van der Waals surface area (Å²) in [5.41, 5.74) is 11.2. The zero-order chi connectivity index (χ0) is 45.4. The number of para-hydroxylation sites is 3. The molecule has 9 heteroatoms. The Labute approximate surface area is 394 Å². The SMILES string of the molecule is c1ccc(-c2nc(-c3ccccc3)nc(-c3cccc(-n4c5ccccc5c5c6c7ccccc7n(-c7nc(-c8ccccc8)nc(-c8cccc9oc%10ccccc%10c89)n7)c6ccc54)c3)n2)cc1. The number of hydrogen-bond donors (Lipinski definition) is 0. The summed E-state index contributed by atoms with van der Waals surface area (Å²) in [5.74, 6) is 3.49. The van der Waals surface area contributed by atoms with Gasteiger partial charge in [-0.1, -0.05) is 170 Å². The van der Waals surface area contributed by atoms with Crippen molar-refractivity contribution in [3.05, 3.63) is 218 Å². The molecule has 0 atom stereocenters. The van der Waals surface area contributed by atoms with Crippen molar-refractivity contribution in [1.82, 2.24) is 39.0 Å². The number of benzene rings is 9. The van der Waals surface area contributed by atoms with E-state index in [2.05, 4.69) is 106 Å². The summed E-state index contributed by atoms with van der Waals surface area (Å²) in [6, 6.07) is 74.6. The fourth-order valence-electron chi connectivity index (χ4n) is 10.00. The monoisotopic (exact) mass is 884 g/mol. The summed E-state index contributed by atoms with van der Waals surface area (Å²) in [7, 11) is 0. The van der Waals surface area contributed by atoms with Crippen molar-refractivity contribution in [2.24, 2.45) is 0 Å². The van der Waals surface area contributed by atoms with Gasteiger partial charge in [-0.05, 0) is 48.5 Å². The number of nitrogens with zero attached hydrogens (tertiary/aromatic N) is 8. The zero-order valence-electron chi connectivity index (χ0n) is 36.8. The van der Waals surface area contributed by atoms with Gasteiger partial charge >= 0.3 is 0 Å². The molecule has 5 aromatic heterocycles. The van der Waals surface area contributed by atoms with Gasteiger partial charge in [0.15, 0.2) is 29.1 Å². The summed E-state index contributed by atoms with van der Waals surface area (Å²) in [6.45, 7) is 0. The van der Waals surface area contributed by atoms with E-state index >= 15 is 0 Å². The Kier molecular flexibility index (Phi) is 8.68. The van der Waals surface area contributed by atoms with Gasteiger partial charge in [0.2, 0.25) is 5.95 Å². The molecule has 14 rings (SSSR count). The van der Waals surface area contributed by atoms with Gasteiger partial charge in [0.05, 0.1) is 22.1 Å². The quantitative estimate of drug-likeness (QED) is 0.157. The van der Waals surface area contributed by atoms with Crippen molar-refractivity contribution < 1.29 is 4.42 Å². The molecule has 0 amide bonds. The van der Waals surface area contributed by atoms with Crippen LogP contribution in [0.15, 0.2) is 223 Å². The lowest BCUT2D eigenvalue weighted by molar-refractivity contribution is 0.669. The van der Waals surface area contributed by atoms with Crippen molar-refractivity contribution in [2.45, 2.75) is 0 Å². The smallest absolute Gasteiger partial charge is 0.238 e. The number of fused-ring (bicyclic) bond motifs is 10. The number of rotatable bonds is 7. The van der Waals surface area contributed by atoms with E-state index in [0.29, 0.717) is 35.1 Å². The second-order valence-corrected chi connectivity index (χ2v) is 17.1. The highest BCUT2D eigenvalue weighted by Crippen LogP contribution is 2.43. The van der Waals surface area contributed by atoms with Crippen molar-refractivity contribution in [3.8, 4) is 68.6 Å². The Balaban J connectivity index is 0.993. The molecule has 69 heavy (non-hydrogen) atoms. The Morgan fingerprint density at radius 1 is 0.290 bits per heavy atom. The third-order valence-corrected chi connectivity index (χ3v) is 13.0. The van der Waals surface area contributed by atoms with E-state index in [9.17, 15) is 0 Å². The maximum Gasteiger partial charge on any atom is 0.238 e. The third kappa shape index (κ3) is 6.25. The first-order chi connectivity index (χ1) is 34.2. The van der Waals surface area contributed by atoms with Crippen LogP contribution >= 0.6 is 0 Å². The van der Waals surface area contributed by atoms with E-state index in [1.54, 1.807) is 0 Å². The molecule has 14 aromatic rings. The first-order valence-electron chi connectivity index (χ1n) is 22.9. The molecule has 0 aliphatic carbocycles. The van der Waals surface area contributed by atoms with E-state index in [1.807, 2.05) is 121 Å². The molecular weight excluding hydrogens is 849 g/mol. The van der Waals surface area contributed by atoms with Crippen LogP contribution in [0.1, 0.15) is 0 Å². The second-order valence-electron chi connectivity index (χ2n) is 17.1. The number of aromatic nitrogens is 8. The van der Waals surface area contributed by atoms with Crippen LogP contribution in [0.2, 0.25) is 0 Å². The minimum Gasteiger partial charge on any atom is -0.456 e. The van der Waals surface area contributed by atoms with Gasteiger partial charge in [-0.3, -0.25) is 4.57 Å². The first kappa shape index (κ1) is 38.6. The Morgan fingerprint density at radius 2 is 0.739 bits per heavy atom. The average molecular weight is 885 g/mol. The van der Waals surface area contributed by atoms with Crippen molar-refractivity contribution in [2.75, 3.05) is 0 Å². The minimum absolute atomic E-state index is 0.521. The first-order valence-corrected chi connectivity index (χ1v) is 22.9. The van der Waals surface area contributed by atoms with Crippen LogP contribution in [0.3, 0.4) is 0 Å². The van der Waals surface area contributed by atoms with Gasteiger partial charge in [0.25, 0.3) is 0 Å². The summed E-state index contributed by atoms with van der Waals surface area (Å²) in [5, 5.41) is 6.44. The second kappa shape index (κ2) is 15.5. The summed E-state index contributed by atoms with van der Waals surface area (Å²) < 4.78 is 10.9. The van der Waals surface area contributed by atoms with Crippen LogP contribution in [0.5, 0.6) is 0 Å². The Morgan fingerprint density at radius 3 is 1.38 bits per heavy atom. The molecule has 0 aliphatic rings. The van der Waals surface area contributed by atoms with E-state index in [-0.39, 0.29) is 0 Å². The Hall–Kier alpha value is -9.60.